The Balaban J connectivity index is 1.83. The van der Waals surface area contributed by atoms with E-state index in [0.717, 1.165) is 21.3 Å². The highest BCUT2D eigenvalue weighted by Crippen LogP contribution is 2.43. The highest BCUT2D eigenvalue weighted by Gasteiger charge is 2.37. The number of sulfone groups is 1. The summed E-state index contributed by atoms with van der Waals surface area (Å²) in [5.41, 5.74) is 2.86. The van der Waals surface area contributed by atoms with Gasteiger partial charge in [-0.3, -0.25) is 4.79 Å². The molecule has 8 heteroatoms. The fourth-order valence-electron chi connectivity index (χ4n) is 3.83. The average Bonchev–Trinajstić information content (AvgIpc) is 3.07. The minimum absolute atomic E-state index is 0.0738. The molecule has 4 rings (SSSR count). The van der Waals surface area contributed by atoms with E-state index in [4.69, 9.17) is 0 Å². The number of halogens is 1. The van der Waals surface area contributed by atoms with E-state index in [1.54, 1.807) is 4.68 Å². The number of hydrogen-bond donors (Lipinski definition) is 1. The molecule has 2 aliphatic heterocycles. The Labute approximate surface area is 154 Å². The van der Waals surface area contributed by atoms with Crippen molar-refractivity contribution < 1.29 is 13.2 Å². The van der Waals surface area contributed by atoms with Gasteiger partial charge >= 0.3 is 0 Å². The number of aromatic nitrogens is 2. The second kappa shape index (κ2) is 5.95. The van der Waals surface area contributed by atoms with Crippen LogP contribution < -0.4 is 5.32 Å². The van der Waals surface area contributed by atoms with Crippen LogP contribution in [0.15, 0.2) is 28.7 Å². The number of benzene rings is 1. The summed E-state index contributed by atoms with van der Waals surface area (Å²) in [6.07, 6.45) is 0.885. The van der Waals surface area contributed by atoms with Crippen LogP contribution in [0.5, 0.6) is 0 Å². The summed E-state index contributed by atoms with van der Waals surface area (Å²) in [6, 6.07) is 7.65. The summed E-state index contributed by atoms with van der Waals surface area (Å²) in [5, 5.41) is 7.53. The zero-order valence-electron chi connectivity index (χ0n) is 13.7. The summed E-state index contributed by atoms with van der Waals surface area (Å²) >= 11 is 3.58. The normalized spacial score (nSPS) is 24.8. The molecule has 0 aliphatic carbocycles. The Hall–Kier alpha value is -1.67. The van der Waals surface area contributed by atoms with Crippen molar-refractivity contribution >= 4 is 37.5 Å². The molecule has 1 saturated heterocycles. The number of nitrogens with zero attached hydrogens (tertiary/aromatic N) is 2. The van der Waals surface area contributed by atoms with Crippen LogP contribution in [-0.4, -0.2) is 35.6 Å². The van der Waals surface area contributed by atoms with E-state index in [9.17, 15) is 13.2 Å². The molecular weight excluding hydrogens is 406 g/mol. The smallest absolute Gasteiger partial charge is 0.226 e. The number of anilines is 1. The van der Waals surface area contributed by atoms with Gasteiger partial charge < -0.3 is 5.32 Å². The van der Waals surface area contributed by atoms with Gasteiger partial charge in [-0.1, -0.05) is 34.1 Å². The molecule has 25 heavy (non-hydrogen) atoms. The molecule has 1 amide bonds. The standard InChI is InChI=1S/C17H18BrN3O3S/c1-10-16-13(12-4-2-3-5-14(12)18)8-15(22)19-17(16)21(20-10)11-6-7-25(23,24)9-11/h2-5,11,13H,6-9H2,1H3,(H,19,22)/t11-,13+/m1/s1. The summed E-state index contributed by atoms with van der Waals surface area (Å²) < 4.78 is 26.4. The molecule has 1 fully saturated rings. The van der Waals surface area contributed by atoms with Gasteiger partial charge in [-0.05, 0) is 25.0 Å². The number of fused-ring (bicyclic) bond motifs is 1. The fourth-order valence-corrected chi connectivity index (χ4v) is 6.08. The van der Waals surface area contributed by atoms with Crippen LogP contribution in [0.1, 0.15) is 41.6 Å². The third-order valence-electron chi connectivity index (χ3n) is 4.96. The van der Waals surface area contributed by atoms with Crippen molar-refractivity contribution in [3.8, 4) is 0 Å². The number of nitrogens with one attached hydrogen (secondary N) is 1. The highest BCUT2D eigenvalue weighted by molar-refractivity contribution is 9.10. The lowest BCUT2D eigenvalue weighted by Gasteiger charge is -2.26. The van der Waals surface area contributed by atoms with Gasteiger partial charge in [0.1, 0.15) is 5.82 Å². The van der Waals surface area contributed by atoms with Gasteiger partial charge in [-0.2, -0.15) is 5.10 Å². The van der Waals surface area contributed by atoms with Gasteiger partial charge in [-0.25, -0.2) is 13.1 Å². The van der Waals surface area contributed by atoms with E-state index in [1.165, 1.54) is 0 Å². The number of aryl methyl sites for hydroxylation is 1. The van der Waals surface area contributed by atoms with Crippen LogP contribution in [0.4, 0.5) is 5.82 Å². The summed E-state index contributed by atoms with van der Waals surface area (Å²) in [4.78, 5) is 12.3. The summed E-state index contributed by atoms with van der Waals surface area (Å²) in [6.45, 7) is 1.92. The molecule has 2 aliphatic rings. The predicted molar refractivity (Wildman–Crippen MR) is 98.5 cm³/mol. The zero-order chi connectivity index (χ0) is 17.8. The average molecular weight is 424 g/mol. The Kier molecular flexibility index (Phi) is 3.99. The first kappa shape index (κ1) is 16.8. The van der Waals surface area contributed by atoms with Crippen molar-refractivity contribution in [3.63, 3.8) is 0 Å². The summed E-state index contributed by atoms with van der Waals surface area (Å²) in [5.74, 6) is 0.737. The maximum Gasteiger partial charge on any atom is 0.226 e. The number of carbonyl (C=O) groups excluding carboxylic acids is 1. The van der Waals surface area contributed by atoms with Crippen LogP contribution >= 0.6 is 15.9 Å². The van der Waals surface area contributed by atoms with E-state index in [0.29, 0.717) is 18.7 Å². The Morgan fingerprint density at radius 1 is 1.32 bits per heavy atom. The Morgan fingerprint density at radius 2 is 2.08 bits per heavy atom. The largest absolute Gasteiger partial charge is 0.311 e. The maximum absolute atomic E-state index is 12.3. The third kappa shape index (κ3) is 2.91. The SMILES string of the molecule is Cc1nn([C@@H]2CCS(=O)(=O)C2)c2c1[C@H](c1ccccc1Br)CC(=O)N2. The Morgan fingerprint density at radius 3 is 2.76 bits per heavy atom. The van der Waals surface area contributed by atoms with E-state index in [-0.39, 0.29) is 29.4 Å². The molecule has 0 radical (unpaired) electrons. The van der Waals surface area contributed by atoms with Gasteiger partial charge in [0.25, 0.3) is 0 Å². The van der Waals surface area contributed by atoms with E-state index < -0.39 is 9.84 Å². The Bertz CT molecular complexity index is 968. The molecule has 1 aromatic heterocycles. The van der Waals surface area contributed by atoms with Crippen molar-refractivity contribution in [1.29, 1.82) is 0 Å². The molecular formula is C17H18BrN3O3S. The number of hydrogen-bond acceptors (Lipinski definition) is 4. The topological polar surface area (TPSA) is 81.1 Å². The first-order valence-corrected chi connectivity index (χ1v) is 10.8. The van der Waals surface area contributed by atoms with Crippen molar-refractivity contribution in [2.45, 2.75) is 31.7 Å². The molecule has 6 nitrogen and oxygen atoms in total. The van der Waals surface area contributed by atoms with Crippen molar-refractivity contribution in [2.75, 3.05) is 16.8 Å². The lowest BCUT2D eigenvalue weighted by atomic mass is 9.86. The minimum atomic E-state index is -3.03. The lowest BCUT2D eigenvalue weighted by Crippen LogP contribution is -2.26. The molecule has 1 aromatic carbocycles. The van der Waals surface area contributed by atoms with Crippen LogP contribution in [0.25, 0.3) is 0 Å². The first-order valence-electron chi connectivity index (χ1n) is 8.19. The van der Waals surface area contributed by atoms with Crippen LogP contribution in [-0.2, 0) is 14.6 Å². The second-order valence-electron chi connectivity index (χ2n) is 6.68. The van der Waals surface area contributed by atoms with Crippen LogP contribution in [0.2, 0.25) is 0 Å². The monoisotopic (exact) mass is 423 g/mol. The molecule has 132 valence electrons. The number of carbonyl (C=O) groups is 1. The van der Waals surface area contributed by atoms with E-state index >= 15 is 0 Å². The van der Waals surface area contributed by atoms with Gasteiger partial charge in [0.15, 0.2) is 9.84 Å². The number of rotatable bonds is 2. The number of amides is 1. The lowest BCUT2D eigenvalue weighted by molar-refractivity contribution is -0.116. The van der Waals surface area contributed by atoms with Crippen LogP contribution in [0, 0.1) is 6.92 Å². The predicted octanol–water partition coefficient (Wildman–Crippen LogP) is 2.79. The van der Waals surface area contributed by atoms with Gasteiger partial charge in [0.2, 0.25) is 5.91 Å². The summed E-state index contributed by atoms with van der Waals surface area (Å²) in [7, 11) is -3.03. The van der Waals surface area contributed by atoms with Gasteiger partial charge in [0.05, 0.1) is 23.2 Å². The molecule has 0 unspecified atom stereocenters. The second-order valence-corrected chi connectivity index (χ2v) is 9.76. The molecule has 2 atom stereocenters. The molecule has 1 N–H and O–H groups in total. The highest BCUT2D eigenvalue weighted by atomic mass is 79.9. The maximum atomic E-state index is 12.3. The third-order valence-corrected chi connectivity index (χ3v) is 7.43. The van der Waals surface area contributed by atoms with Crippen molar-refractivity contribution in [2.24, 2.45) is 0 Å². The first-order chi connectivity index (χ1) is 11.9. The fraction of sp³-hybridized carbons (Fsp3) is 0.412. The van der Waals surface area contributed by atoms with Crippen molar-refractivity contribution in [1.82, 2.24) is 9.78 Å². The molecule has 0 saturated carbocycles. The quantitative estimate of drug-likeness (QED) is 0.804. The molecule has 2 aromatic rings. The molecule has 0 bridgehead atoms. The van der Waals surface area contributed by atoms with Crippen molar-refractivity contribution in [3.05, 3.63) is 45.6 Å². The molecule has 3 heterocycles. The van der Waals surface area contributed by atoms with Crippen LogP contribution in [0.3, 0.4) is 0 Å². The van der Waals surface area contributed by atoms with Gasteiger partial charge in [0, 0.05) is 22.4 Å². The zero-order valence-corrected chi connectivity index (χ0v) is 16.1. The molecule has 0 spiro atoms. The minimum Gasteiger partial charge on any atom is -0.311 e. The van der Waals surface area contributed by atoms with Gasteiger partial charge in [-0.15, -0.1) is 0 Å². The van der Waals surface area contributed by atoms with E-state index in [1.807, 2.05) is 31.2 Å². The van der Waals surface area contributed by atoms with E-state index in [2.05, 4.69) is 26.3 Å².